The number of carbonyl (C=O) groups is 1. The van der Waals surface area contributed by atoms with Crippen LogP contribution in [-0.2, 0) is 14.8 Å². The zero-order valence-electron chi connectivity index (χ0n) is 29.2. The van der Waals surface area contributed by atoms with Crippen LogP contribution in [0.15, 0.2) is 40.8 Å². The van der Waals surface area contributed by atoms with E-state index in [1.54, 1.807) is 28.6 Å². The van der Waals surface area contributed by atoms with Crippen LogP contribution < -0.4 is 5.32 Å². The van der Waals surface area contributed by atoms with E-state index in [1.165, 1.54) is 56.9 Å². The van der Waals surface area contributed by atoms with E-state index in [4.69, 9.17) is 4.74 Å². The van der Waals surface area contributed by atoms with Crippen LogP contribution in [0.5, 0.6) is 0 Å². The van der Waals surface area contributed by atoms with Crippen molar-refractivity contribution in [2.75, 3.05) is 18.4 Å². The normalized spacial score (nSPS) is 35.4. The number of benzene rings is 1. The average Bonchev–Trinajstić information content (AvgIpc) is 3.39. The topological polar surface area (TPSA) is 75.7 Å². The van der Waals surface area contributed by atoms with Crippen molar-refractivity contribution in [2.45, 2.75) is 136 Å². The van der Waals surface area contributed by atoms with E-state index in [-0.39, 0.29) is 16.4 Å². The third kappa shape index (κ3) is 6.58. The molecule has 3 saturated carbocycles. The molecule has 1 N–H and O–H groups in total. The Morgan fingerprint density at radius 3 is 2.41 bits per heavy atom. The second-order valence-electron chi connectivity index (χ2n) is 16.7. The zero-order chi connectivity index (χ0) is 32.7. The molecule has 4 aliphatic carbocycles. The van der Waals surface area contributed by atoms with Gasteiger partial charge in [-0.15, -0.1) is 0 Å². The molecule has 1 aromatic carbocycles. The molecule has 0 spiro atoms. The summed E-state index contributed by atoms with van der Waals surface area (Å²) in [5.41, 5.74) is 2.79. The number of fused-ring (bicyclic) bond motifs is 5. The van der Waals surface area contributed by atoms with Crippen LogP contribution in [0.1, 0.15) is 125 Å². The summed E-state index contributed by atoms with van der Waals surface area (Å²) in [5, 5.41) is 2.85. The molecule has 1 aromatic rings. The summed E-state index contributed by atoms with van der Waals surface area (Å²) in [4.78, 5) is 13.2. The SMILES string of the molecule is CC(C)CCCC(C)C1CCC2C3CC=C4CC(OC(=O)Nc5ccc(S(=O)(=O)N6CCCCC6)cc5)CCC4(C)C3CCC12C. The van der Waals surface area contributed by atoms with Gasteiger partial charge in [-0.1, -0.05) is 72.0 Å². The molecular weight excluding hydrogens is 593 g/mol. The minimum absolute atomic E-state index is 0.119. The van der Waals surface area contributed by atoms with Crippen molar-refractivity contribution >= 4 is 21.8 Å². The van der Waals surface area contributed by atoms with Gasteiger partial charge in [0.1, 0.15) is 6.10 Å². The van der Waals surface area contributed by atoms with Gasteiger partial charge < -0.3 is 4.74 Å². The molecular formula is C39H60N2O4S. The Bertz CT molecular complexity index is 1370. The van der Waals surface area contributed by atoms with Gasteiger partial charge in [-0.2, -0.15) is 4.31 Å². The Kier molecular flexibility index (Phi) is 10.0. The maximum absolute atomic E-state index is 13.0. The first-order valence-electron chi connectivity index (χ1n) is 18.7. The lowest BCUT2D eigenvalue weighted by atomic mass is 9.47. The maximum atomic E-state index is 13.0. The summed E-state index contributed by atoms with van der Waals surface area (Å²) >= 11 is 0. The first kappa shape index (κ1) is 34.0. The number of hydrogen-bond donors (Lipinski definition) is 1. The molecule has 46 heavy (non-hydrogen) atoms. The second kappa shape index (κ2) is 13.6. The van der Waals surface area contributed by atoms with Gasteiger partial charge in [-0.3, -0.25) is 5.32 Å². The van der Waals surface area contributed by atoms with Gasteiger partial charge in [0.2, 0.25) is 10.0 Å². The number of carbonyl (C=O) groups excluding carboxylic acids is 1. The van der Waals surface area contributed by atoms with E-state index in [1.807, 2.05) is 0 Å². The Hall–Kier alpha value is -1.86. The van der Waals surface area contributed by atoms with Crippen molar-refractivity contribution in [3.05, 3.63) is 35.9 Å². The molecule has 6 nitrogen and oxygen atoms in total. The maximum Gasteiger partial charge on any atom is 0.411 e. The van der Waals surface area contributed by atoms with Crippen LogP contribution in [0.3, 0.4) is 0 Å². The Morgan fingerprint density at radius 2 is 1.70 bits per heavy atom. The van der Waals surface area contributed by atoms with E-state index in [9.17, 15) is 13.2 Å². The van der Waals surface area contributed by atoms with Crippen molar-refractivity contribution in [2.24, 2.45) is 46.3 Å². The minimum atomic E-state index is -3.49. The van der Waals surface area contributed by atoms with E-state index < -0.39 is 16.1 Å². The number of amides is 1. The van der Waals surface area contributed by atoms with Gasteiger partial charge >= 0.3 is 6.09 Å². The first-order chi connectivity index (χ1) is 21.9. The summed E-state index contributed by atoms with van der Waals surface area (Å²) in [5.74, 6) is 4.90. The van der Waals surface area contributed by atoms with Gasteiger partial charge in [0.15, 0.2) is 0 Å². The van der Waals surface area contributed by atoms with Crippen LogP contribution in [0.2, 0.25) is 0 Å². The van der Waals surface area contributed by atoms with Crippen molar-refractivity contribution < 1.29 is 17.9 Å². The predicted octanol–water partition coefficient (Wildman–Crippen LogP) is 9.82. The fourth-order valence-corrected chi connectivity index (χ4v) is 12.5. The smallest absolute Gasteiger partial charge is 0.411 e. The largest absolute Gasteiger partial charge is 0.446 e. The molecule has 1 amide bonds. The average molecular weight is 653 g/mol. The third-order valence-electron chi connectivity index (χ3n) is 13.6. The molecule has 8 unspecified atom stereocenters. The van der Waals surface area contributed by atoms with Crippen LogP contribution in [0.25, 0.3) is 0 Å². The highest BCUT2D eigenvalue weighted by Crippen LogP contribution is 2.67. The lowest BCUT2D eigenvalue weighted by Gasteiger charge is -2.58. The van der Waals surface area contributed by atoms with Crippen molar-refractivity contribution in [1.82, 2.24) is 4.31 Å². The number of rotatable bonds is 9. The van der Waals surface area contributed by atoms with Gasteiger partial charge in [0.05, 0.1) is 4.90 Å². The number of hydrogen-bond acceptors (Lipinski definition) is 4. The number of piperidine rings is 1. The van der Waals surface area contributed by atoms with Crippen LogP contribution in [0.4, 0.5) is 10.5 Å². The molecule has 4 fully saturated rings. The molecule has 1 aliphatic heterocycles. The van der Waals surface area contributed by atoms with Crippen molar-refractivity contribution in [1.29, 1.82) is 0 Å². The quantitative estimate of drug-likeness (QED) is 0.270. The van der Waals surface area contributed by atoms with Crippen LogP contribution in [-0.4, -0.2) is 38.0 Å². The van der Waals surface area contributed by atoms with Gasteiger partial charge in [-0.05, 0) is 128 Å². The van der Waals surface area contributed by atoms with Gasteiger partial charge in [-0.25, -0.2) is 13.2 Å². The van der Waals surface area contributed by atoms with Crippen molar-refractivity contribution in [3.63, 3.8) is 0 Å². The summed E-state index contributed by atoms with van der Waals surface area (Å²) in [6.07, 6.45) is 18.5. The fraction of sp³-hybridized carbons (Fsp3) is 0.769. The standard InChI is InChI=1S/C39H60N2O4S/c1-27(2)10-9-11-28(3)34-18-19-35-33-17-12-29-26-31(20-22-38(29,4)36(33)21-23-39(34,35)5)45-37(42)40-30-13-15-32(16-14-30)46(43,44)41-24-7-6-8-25-41/h12-16,27-28,31,33-36H,6-11,17-26H2,1-5H3,(H,40,42). The molecule has 0 radical (unpaired) electrons. The summed E-state index contributed by atoms with van der Waals surface area (Å²) in [6, 6.07) is 6.50. The molecule has 1 heterocycles. The van der Waals surface area contributed by atoms with Gasteiger partial charge in [0, 0.05) is 25.2 Å². The highest BCUT2D eigenvalue weighted by atomic mass is 32.2. The molecule has 5 aliphatic rings. The molecule has 0 bridgehead atoms. The number of nitrogens with one attached hydrogen (secondary N) is 1. The third-order valence-corrected chi connectivity index (χ3v) is 15.5. The van der Waals surface area contributed by atoms with E-state index in [2.05, 4.69) is 46.0 Å². The number of nitrogens with zero attached hydrogens (tertiary/aromatic N) is 1. The van der Waals surface area contributed by atoms with E-state index in [0.717, 1.165) is 74.0 Å². The lowest BCUT2D eigenvalue weighted by molar-refractivity contribution is -0.0577. The molecule has 1 saturated heterocycles. The predicted molar refractivity (Wildman–Crippen MR) is 186 cm³/mol. The number of sulfonamides is 1. The van der Waals surface area contributed by atoms with Gasteiger partial charge in [0.25, 0.3) is 0 Å². The minimum Gasteiger partial charge on any atom is -0.446 e. The summed E-state index contributed by atoms with van der Waals surface area (Å²) < 4.78 is 33.5. The number of anilines is 1. The number of allylic oxidation sites excluding steroid dienone is 1. The Morgan fingerprint density at radius 1 is 0.957 bits per heavy atom. The summed E-state index contributed by atoms with van der Waals surface area (Å²) in [7, 11) is -3.49. The molecule has 8 atom stereocenters. The molecule has 0 aromatic heterocycles. The Labute approximate surface area is 279 Å². The highest BCUT2D eigenvalue weighted by molar-refractivity contribution is 7.89. The molecule has 256 valence electrons. The fourth-order valence-electron chi connectivity index (χ4n) is 11.0. The van der Waals surface area contributed by atoms with E-state index in [0.29, 0.717) is 24.2 Å². The lowest BCUT2D eigenvalue weighted by Crippen LogP contribution is -2.51. The highest BCUT2D eigenvalue weighted by Gasteiger charge is 2.59. The molecule has 6 rings (SSSR count). The van der Waals surface area contributed by atoms with Crippen LogP contribution in [0, 0.1) is 46.3 Å². The molecule has 7 heteroatoms. The van der Waals surface area contributed by atoms with Crippen LogP contribution >= 0.6 is 0 Å². The monoisotopic (exact) mass is 652 g/mol. The Balaban J connectivity index is 1.04. The second-order valence-corrected chi connectivity index (χ2v) is 18.6. The number of ether oxygens (including phenoxy) is 1. The summed E-state index contributed by atoms with van der Waals surface area (Å²) in [6.45, 7) is 13.6. The first-order valence-corrected chi connectivity index (χ1v) is 20.1. The van der Waals surface area contributed by atoms with E-state index >= 15 is 0 Å². The van der Waals surface area contributed by atoms with Crippen molar-refractivity contribution in [3.8, 4) is 0 Å². The zero-order valence-corrected chi connectivity index (χ0v) is 30.0.